The second kappa shape index (κ2) is 10.5. The Morgan fingerprint density at radius 3 is 2.18 bits per heavy atom. The van der Waals surface area contributed by atoms with Gasteiger partial charge in [0.25, 0.3) is 15.9 Å². The van der Waals surface area contributed by atoms with Crippen LogP contribution in [0.5, 0.6) is 0 Å². The van der Waals surface area contributed by atoms with Crippen molar-refractivity contribution in [2.75, 3.05) is 30.9 Å². The number of fused-ring (bicyclic) bond motifs is 1. The Morgan fingerprint density at radius 1 is 0.846 bits per heavy atom. The van der Waals surface area contributed by atoms with E-state index in [1.807, 2.05) is 47.4 Å². The average molecular weight is 542 g/mol. The number of hydrogen-bond acceptors (Lipinski definition) is 5. The summed E-state index contributed by atoms with van der Waals surface area (Å²) < 4.78 is 28.8. The number of aromatic nitrogens is 1. The molecule has 8 nitrogen and oxygen atoms in total. The first-order valence-corrected chi connectivity index (χ1v) is 14.3. The summed E-state index contributed by atoms with van der Waals surface area (Å²) in [6.07, 6.45) is 1.56. The van der Waals surface area contributed by atoms with Crippen LogP contribution in [-0.2, 0) is 15.4 Å². The highest BCUT2D eigenvalue weighted by Gasteiger charge is 2.32. The van der Waals surface area contributed by atoms with Gasteiger partial charge in [-0.3, -0.25) is 19.9 Å². The van der Waals surface area contributed by atoms with E-state index in [1.54, 1.807) is 47.5 Å². The van der Waals surface area contributed by atoms with Crippen LogP contribution in [-0.4, -0.2) is 61.1 Å². The molecule has 0 saturated carbocycles. The Kier molecular flexibility index (Phi) is 7.10. The van der Waals surface area contributed by atoms with E-state index in [9.17, 15) is 13.2 Å². The van der Waals surface area contributed by atoms with E-state index in [4.69, 9.17) is 5.41 Å². The van der Waals surface area contributed by atoms with Crippen LogP contribution in [0.15, 0.2) is 96.0 Å². The smallest absolute Gasteiger partial charge is 0.264 e. The monoisotopic (exact) mass is 541 g/mol. The van der Waals surface area contributed by atoms with E-state index in [2.05, 4.69) is 23.6 Å². The van der Waals surface area contributed by atoms with Gasteiger partial charge in [0.2, 0.25) is 0 Å². The lowest BCUT2D eigenvalue weighted by Gasteiger charge is -2.41. The molecule has 1 amide bonds. The number of sulfonamides is 1. The lowest BCUT2D eigenvalue weighted by Crippen LogP contribution is -2.54. The largest absolute Gasteiger partial charge is 0.356 e. The number of benzene rings is 3. The van der Waals surface area contributed by atoms with Gasteiger partial charge < -0.3 is 9.80 Å². The molecule has 1 fully saturated rings. The van der Waals surface area contributed by atoms with Crippen LogP contribution < -0.4 is 4.72 Å². The average Bonchev–Trinajstić information content (AvgIpc) is 2.97. The quantitative estimate of drug-likeness (QED) is 0.271. The van der Waals surface area contributed by atoms with Gasteiger partial charge in [0.05, 0.1) is 5.52 Å². The molecule has 0 aliphatic carbocycles. The number of para-hydroxylation sites is 1. The number of hydrogen-bond donors (Lipinski definition) is 2. The van der Waals surface area contributed by atoms with Crippen molar-refractivity contribution in [3.63, 3.8) is 0 Å². The van der Waals surface area contributed by atoms with E-state index in [0.717, 1.165) is 10.9 Å². The highest BCUT2D eigenvalue weighted by atomic mass is 32.2. The first-order chi connectivity index (χ1) is 18.7. The Balaban J connectivity index is 1.22. The van der Waals surface area contributed by atoms with Gasteiger partial charge in [-0.25, -0.2) is 8.42 Å². The SMILES string of the molecule is CC(C)(C(=N)N1CCN(C(=O)c2ccc(NS(=O)(=O)c3cccc4cccnc34)cc2)CC1)c1ccccc1. The summed E-state index contributed by atoms with van der Waals surface area (Å²) in [4.78, 5) is 21.3. The molecule has 0 radical (unpaired) electrons. The van der Waals surface area contributed by atoms with Crippen molar-refractivity contribution < 1.29 is 13.2 Å². The molecule has 9 heteroatoms. The molecular weight excluding hydrogens is 510 g/mol. The molecule has 1 aromatic heterocycles. The first-order valence-electron chi connectivity index (χ1n) is 12.8. The lowest BCUT2D eigenvalue weighted by atomic mass is 9.82. The van der Waals surface area contributed by atoms with Gasteiger partial charge in [0.1, 0.15) is 10.7 Å². The number of piperazine rings is 1. The molecule has 1 aliphatic heterocycles. The molecule has 0 bridgehead atoms. The summed E-state index contributed by atoms with van der Waals surface area (Å²) in [6, 6.07) is 25.1. The van der Waals surface area contributed by atoms with Crippen molar-refractivity contribution in [3.05, 3.63) is 102 Å². The van der Waals surface area contributed by atoms with Gasteiger partial charge in [-0.1, -0.05) is 48.5 Å². The zero-order chi connectivity index (χ0) is 27.6. The summed E-state index contributed by atoms with van der Waals surface area (Å²) in [7, 11) is -3.87. The summed E-state index contributed by atoms with van der Waals surface area (Å²) in [5.41, 5.74) is 1.90. The second-order valence-corrected chi connectivity index (χ2v) is 11.8. The number of pyridine rings is 1. The van der Waals surface area contributed by atoms with Crippen molar-refractivity contribution in [3.8, 4) is 0 Å². The summed E-state index contributed by atoms with van der Waals surface area (Å²) in [5.74, 6) is 0.426. The molecule has 3 aromatic carbocycles. The molecule has 0 atom stereocenters. The zero-order valence-corrected chi connectivity index (χ0v) is 22.8. The maximum Gasteiger partial charge on any atom is 0.264 e. The van der Waals surface area contributed by atoms with E-state index in [0.29, 0.717) is 48.8 Å². The standard InChI is InChI=1S/C30H31N5O3S/c1-30(2,24-10-4-3-5-11-24)29(31)35-20-18-34(19-21-35)28(36)23-13-15-25(16-14-23)33-39(37,38)26-12-6-8-22-9-7-17-32-27(22)26/h3-17,31,33H,18-21H2,1-2H3. The molecule has 5 rings (SSSR count). The molecule has 1 aliphatic rings. The summed E-state index contributed by atoms with van der Waals surface area (Å²) in [5, 5.41) is 9.56. The molecular formula is C30H31N5O3S. The predicted octanol–water partition coefficient (Wildman–Crippen LogP) is 4.75. The van der Waals surface area contributed by atoms with Crippen molar-refractivity contribution in [2.24, 2.45) is 0 Å². The van der Waals surface area contributed by atoms with Crippen molar-refractivity contribution in [1.82, 2.24) is 14.8 Å². The van der Waals surface area contributed by atoms with E-state index >= 15 is 0 Å². The predicted molar refractivity (Wildman–Crippen MR) is 154 cm³/mol. The van der Waals surface area contributed by atoms with Crippen LogP contribution in [0.3, 0.4) is 0 Å². The molecule has 1 saturated heterocycles. The molecule has 39 heavy (non-hydrogen) atoms. The van der Waals surface area contributed by atoms with Crippen LogP contribution in [0, 0.1) is 5.41 Å². The second-order valence-electron chi connectivity index (χ2n) is 10.1. The third-order valence-corrected chi connectivity index (χ3v) is 8.65. The van der Waals surface area contributed by atoms with Gasteiger partial charge >= 0.3 is 0 Å². The molecule has 0 unspecified atom stereocenters. The first kappa shape index (κ1) is 26.4. The van der Waals surface area contributed by atoms with Gasteiger partial charge in [-0.05, 0) is 55.8 Å². The van der Waals surface area contributed by atoms with E-state index < -0.39 is 15.4 Å². The topological polar surface area (TPSA) is 106 Å². The number of amidine groups is 1. The minimum absolute atomic E-state index is 0.0969. The third-order valence-electron chi connectivity index (χ3n) is 7.24. The Morgan fingerprint density at radius 2 is 1.49 bits per heavy atom. The number of nitrogens with zero attached hydrogens (tertiary/aromatic N) is 3. The summed E-state index contributed by atoms with van der Waals surface area (Å²) >= 11 is 0. The zero-order valence-electron chi connectivity index (χ0n) is 22.0. The molecule has 2 heterocycles. The van der Waals surface area contributed by atoms with Crippen LogP contribution in [0.2, 0.25) is 0 Å². The van der Waals surface area contributed by atoms with Gasteiger partial charge in [0.15, 0.2) is 0 Å². The van der Waals surface area contributed by atoms with E-state index in [1.165, 1.54) is 6.07 Å². The van der Waals surface area contributed by atoms with Crippen molar-refractivity contribution in [1.29, 1.82) is 5.41 Å². The van der Waals surface area contributed by atoms with E-state index in [-0.39, 0.29) is 10.8 Å². The molecule has 4 aromatic rings. The van der Waals surface area contributed by atoms with Crippen LogP contribution in [0.1, 0.15) is 29.8 Å². The minimum atomic E-state index is -3.87. The Hall–Kier alpha value is -4.24. The van der Waals surface area contributed by atoms with Crippen LogP contribution in [0.25, 0.3) is 10.9 Å². The highest BCUT2D eigenvalue weighted by molar-refractivity contribution is 7.93. The maximum absolute atomic E-state index is 13.2. The molecule has 0 spiro atoms. The Labute approximate surface area is 228 Å². The molecule has 2 N–H and O–H groups in total. The van der Waals surface area contributed by atoms with Crippen LogP contribution >= 0.6 is 0 Å². The Bertz CT molecular complexity index is 1610. The maximum atomic E-state index is 13.2. The number of rotatable bonds is 6. The molecule has 200 valence electrons. The number of carbonyl (C=O) groups excluding carboxylic acids is 1. The van der Waals surface area contributed by atoms with Gasteiger partial charge in [0, 0.05) is 54.4 Å². The van der Waals surface area contributed by atoms with Gasteiger partial charge in [-0.15, -0.1) is 0 Å². The normalized spacial score (nSPS) is 14.3. The van der Waals surface area contributed by atoms with Gasteiger partial charge in [-0.2, -0.15) is 0 Å². The van der Waals surface area contributed by atoms with Crippen molar-refractivity contribution >= 4 is 38.4 Å². The fraction of sp³-hybridized carbons (Fsp3) is 0.233. The number of nitrogens with one attached hydrogen (secondary N) is 2. The van der Waals surface area contributed by atoms with Crippen LogP contribution in [0.4, 0.5) is 5.69 Å². The minimum Gasteiger partial charge on any atom is -0.356 e. The fourth-order valence-electron chi connectivity index (χ4n) is 4.89. The highest BCUT2D eigenvalue weighted by Crippen LogP contribution is 2.27. The number of anilines is 1. The third kappa shape index (κ3) is 5.35. The fourth-order valence-corrected chi connectivity index (χ4v) is 6.13. The number of carbonyl (C=O) groups is 1. The summed E-state index contributed by atoms with van der Waals surface area (Å²) in [6.45, 7) is 6.28. The van der Waals surface area contributed by atoms with Crippen molar-refractivity contribution in [2.45, 2.75) is 24.2 Å². The lowest BCUT2D eigenvalue weighted by molar-refractivity contribution is 0.0688. The number of amides is 1.